The number of anilines is 1. The Bertz CT molecular complexity index is 700. The van der Waals surface area contributed by atoms with Crippen LogP contribution in [0.1, 0.15) is 12.6 Å². The number of benzene rings is 1. The van der Waals surface area contributed by atoms with Crippen molar-refractivity contribution in [3.63, 3.8) is 0 Å². The summed E-state index contributed by atoms with van der Waals surface area (Å²) >= 11 is 0. The van der Waals surface area contributed by atoms with E-state index in [1.165, 1.54) is 0 Å². The highest BCUT2D eigenvalue weighted by Crippen LogP contribution is 2.27. The molecule has 0 bridgehead atoms. The summed E-state index contributed by atoms with van der Waals surface area (Å²) < 4.78 is 0. The van der Waals surface area contributed by atoms with Crippen LogP contribution in [0.4, 0.5) is 5.69 Å². The molecule has 0 unspecified atom stereocenters. The fourth-order valence-electron chi connectivity index (χ4n) is 2.07. The van der Waals surface area contributed by atoms with Crippen LogP contribution in [0.2, 0.25) is 0 Å². The molecule has 0 spiro atoms. The van der Waals surface area contributed by atoms with Crippen LogP contribution < -0.4 is 5.73 Å². The van der Waals surface area contributed by atoms with Crippen molar-refractivity contribution in [2.45, 2.75) is 13.3 Å². The second-order valence-corrected chi connectivity index (χ2v) is 4.27. The second kappa shape index (κ2) is 4.14. The Balaban J connectivity index is 2.21. The molecular formula is C14H14N4. The number of hydrogen-bond donors (Lipinski definition) is 2. The van der Waals surface area contributed by atoms with Gasteiger partial charge in [0.1, 0.15) is 5.69 Å². The molecule has 4 heteroatoms. The summed E-state index contributed by atoms with van der Waals surface area (Å²) in [5.74, 6) is 0. The summed E-state index contributed by atoms with van der Waals surface area (Å²) in [6.07, 6.45) is 2.74. The van der Waals surface area contributed by atoms with Crippen molar-refractivity contribution in [1.29, 1.82) is 0 Å². The first-order valence-corrected chi connectivity index (χ1v) is 5.97. The van der Waals surface area contributed by atoms with Gasteiger partial charge in [-0.2, -0.15) is 5.10 Å². The Morgan fingerprint density at radius 2 is 2.11 bits per heavy atom. The smallest absolute Gasteiger partial charge is 0.100 e. The lowest BCUT2D eigenvalue weighted by Gasteiger charge is -2.01. The fourth-order valence-corrected chi connectivity index (χ4v) is 2.07. The van der Waals surface area contributed by atoms with E-state index in [0.29, 0.717) is 0 Å². The normalized spacial score (nSPS) is 10.9. The summed E-state index contributed by atoms with van der Waals surface area (Å²) in [4.78, 5) is 4.30. The summed E-state index contributed by atoms with van der Waals surface area (Å²) in [5, 5.41) is 8.44. The third-order valence-electron chi connectivity index (χ3n) is 3.04. The average Bonchev–Trinajstić information content (AvgIpc) is 2.81. The fraction of sp³-hybridized carbons (Fsp3) is 0.143. The first-order valence-electron chi connectivity index (χ1n) is 5.97. The van der Waals surface area contributed by atoms with Crippen LogP contribution in [0.25, 0.3) is 22.2 Å². The van der Waals surface area contributed by atoms with E-state index in [-0.39, 0.29) is 0 Å². The predicted molar refractivity (Wildman–Crippen MR) is 73.1 cm³/mol. The van der Waals surface area contributed by atoms with Crippen molar-refractivity contribution in [2.75, 3.05) is 5.73 Å². The maximum absolute atomic E-state index is 5.83. The molecule has 0 amide bonds. The van der Waals surface area contributed by atoms with Gasteiger partial charge in [-0.05, 0) is 36.8 Å². The first-order chi connectivity index (χ1) is 8.78. The van der Waals surface area contributed by atoms with Crippen LogP contribution in [-0.2, 0) is 6.42 Å². The molecule has 0 aliphatic rings. The summed E-state index contributed by atoms with van der Waals surface area (Å²) in [6, 6.07) is 9.80. The van der Waals surface area contributed by atoms with Crippen LogP contribution in [0.3, 0.4) is 0 Å². The SMILES string of the molecule is CCc1cc(-c2n[nH]c3ccc(N)cc23)ccn1. The van der Waals surface area contributed by atoms with Crippen molar-refractivity contribution in [2.24, 2.45) is 0 Å². The lowest BCUT2D eigenvalue weighted by molar-refractivity contribution is 1.03. The van der Waals surface area contributed by atoms with Crippen LogP contribution in [0.5, 0.6) is 0 Å². The van der Waals surface area contributed by atoms with Gasteiger partial charge < -0.3 is 5.73 Å². The summed E-state index contributed by atoms with van der Waals surface area (Å²) in [7, 11) is 0. The van der Waals surface area contributed by atoms with Crippen molar-refractivity contribution >= 4 is 16.6 Å². The third-order valence-corrected chi connectivity index (χ3v) is 3.04. The molecule has 0 atom stereocenters. The van der Waals surface area contributed by atoms with E-state index in [9.17, 15) is 0 Å². The molecule has 4 nitrogen and oxygen atoms in total. The Kier molecular flexibility index (Phi) is 2.48. The van der Waals surface area contributed by atoms with Gasteiger partial charge in [0, 0.05) is 28.5 Å². The van der Waals surface area contributed by atoms with Gasteiger partial charge in [0.15, 0.2) is 0 Å². The average molecular weight is 238 g/mol. The highest BCUT2D eigenvalue weighted by atomic mass is 15.1. The number of rotatable bonds is 2. The van der Waals surface area contributed by atoms with Gasteiger partial charge in [-0.25, -0.2) is 0 Å². The number of H-pyrrole nitrogens is 1. The maximum Gasteiger partial charge on any atom is 0.100 e. The molecule has 0 aliphatic heterocycles. The van der Waals surface area contributed by atoms with Gasteiger partial charge in [-0.1, -0.05) is 6.92 Å². The van der Waals surface area contributed by atoms with Crippen molar-refractivity contribution in [1.82, 2.24) is 15.2 Å². The molecular weight excluding hydrogens is 224 g/mol. The van der Waals surface area contributed by atoms with E-state index in [0.717, 1.165) is 40.0 Å². The molecule has 90 valence electrons. The van der Waals surface area contributed by atoms with E-state index in [4.69, 9.17) is 5.73 Å². The molecule has 1 aromatic carbocycles. The number of aromatic nitrogens is 3. The minimum absolute atomic E-state index is 0.745. The Morgan fingerprint density at radius 1 is 1.22 bits per heavy atom. The largest absolute Gasteiger partial charge is 0.399 e. The maximum atomic E-state index is 5.83. The monoisotopic (exact) mass is 238 g/mol. The first kappa shape index (κ1) is 10.8. The van der Waals surface area contributed by atoms with Gasteiger partial charge >= 0.3 is 0 Å². The Morgan fingerprint density at radius 3 is 2.94 bits per heavy atom. The van der Waals surface area contributed by atoms with Gasteiger partial charge in [0.25, 0.3) is 0 Å². The Hall–Kier alpha value is -2.36. The molecule has 0 saturated heterocycles. The van der Waals surface area contributed by atoms with E-state index in [1.807, 2.05) is 30.5 Å². The molecule has 0 aliphatic carbocycles. The van der Waals surface area contributed by atoms with Crippen LogP contribution in [0.15, 0.2) is 36.5 Å². The summed E-state index contributed by atoms with van der Waals surface area (Å²) in [5.41, 5.74) is 10.6. The van der Waals surface area contributed by atoms with Crippen LogP contribution in [-0.4, -0.2) is 15.2 Å². The lowest BCUT2D eigenvalue weighted by atomic mass is 10.1. The summed E-state index contributed by atoms with van der Waals surface area (Å²) in [6.45, 7) is 2.09. The lowest BCUT2D eigenvalue weighted by Crippen LogP contribution is -1.88. The van der Waals surface area contributed by atoms with E-state index >= 15 is 0 Å². The van der Waals surface area contributed by atoms with E-state index in [1.54, 1.807) is 0 Å². The Labute approximate surface area is 105 Å². The molecule has 3 N–H and O–H groups in total. The molecule has 2 aromatic heterocycles. The number of aromatic amines is 1. The molecule has 0 radical (unpaired) electrons. The van der Waals surface area contributed by atoms with Crippen LogP contribution >= 0.6 is 0 Å². The number of aryl methyl sites for hydroxylation is 1. The molecule has 0 saturated carbocycles. The number of nitrogens with two attached hydrogens (primary N) is 1. The minimum atomic E-state index is 0.745. The molecule has 3 rings (SSSR count). The van der Waals surface area contributed by atoms with Crippen molar-refractivity contribution in [3.8, 4) is 11.3 Å². The highest BCUT2D eigenvalue weighted by molar-refractivity contribution is 5.94. The van der Waals surface area contributed by atoms with Gasteiger partial charge in [-0.15, -0.1) is 0 Å². The van der Waals surface area contributed by atoms with Crippen molar-refractivity contribution in [3.05, 3.63) is 42.2 Å². The van der Waals surface area contributed by atoms with Crippen molar-refractivity contribution < 1.29 is 0 Å². The van der Waals surface area contributed by atoms with Gasteiger partial charge in [-0.3, -0.25) is 10.1 Å². The number of fused-ring (bicyclic) bond motifs is 1. The topological polar surface area (TPSA) is 67.6 Å². The van der Waals surface area contributed by atoms with E-state index in [2.05, 4.69) is 28.2 Å². The van der Waals surface area contributed by atoms with Gasteiger partial charge in [0.2, 0.25) is 0 Å². The number of nitrogens with zero attached hydrogens (tertiary/aromatic N) is 2. The molecule has 2 heterocycles. The third kappa shape index (κ3) is 1.72. The van der Waals surface area contributed by atoms with Gasteiger partial charge in [0.05, 0.1) is 5.52 Å². The zero-order chi connectivity index (χ0) is 12.5. The van der Waals surface area contributed by atoms with E-state index < -0.39 is 0 Å². The highest BCUT2D eigenvalue weighted by Gasteiger charge is 2.08. The molecule has 0 fully saturated rings. The number of hydrogen-bond acceptors (Lipinski definition) is 3. The number of pyridine rings is 1. The molecule has 18 heavy (non-hydrogen) atoms. The quantitative estimate of drug-likeness (QED) is 0.674. The number of nitrogens with one attached hydrogen (secondary N) is 1. The standard InChI is InChI=1S/C14H14N4/c1-2-11-7-9(5-6-16-11)14-12-8-10(15)3-4-13(12)17-18-14/h3-8H,2,15H2,1H3,(H,17,18). The predicted octanol–water partition coefficient (Wildman–Crippen LogP) is 2.77. The molecule has 3 aromatic rings. The minimum Gasteiger partial charge on any atom is -0.399 e. The second-order valence-electron chi connectivity index (χ2n) is 4.27. The zero-order valence-electron chi connectivity index (χ0n) is 10.1. The number of nitrogen functional groups attached to an aromatic ring is 1. The van der Waals surface area contributed by atoms with Crippen LogP contribution in [0, 0.1) is 0 Å². The zero-order valence-corrected chi connectivity index (χ0v) is 10.1.